The maximum absolute atomic E-state index is 13.2. The van der Waals surface area contributed by atoms with Crippen LogP contribution in [-0.4, -0.2) is 60.3 Å². The normalized spacial score (nSPS) is 20.2. The first-order chi connectivity index (χ1) is 14.2. The molecule has 1 heterocycles. The van der Waals surface area contributed by atoms with Crippen LogP contribution >= 0.6 is 11.6 Å². The van der Waals surface area contributed by atoms with Gasteiger partial charge in [-0.05, 0) is 36.5 Å². The van der Waals surface area contributed by atoms with Crippen molar-refractivity contribution in [2.75, 3.05) is 38.5 Å². The average Bonchev–Trinajstić information content (AvgIpc) is 2.71. The molecule has 1 aromatic carbocycles. The summed E-state index contributed by atoms with van der Waals surface area (Å²) in [5.41, 5.74) is 7.36. The summed E-state index contributed by atoms with van der Waals surface area (Å²) in [4.78, 5) is 28.4. The Morgan fingerprint density at radius 2 is 1.83 bits per heavy atom. The first-order valence-corrected chi connectivity index (χ1v) is 10.8. The van der Waals surface area contributed by atoms with E-state index in [-0.39, 0.29) is 43.5 Å². The largest absolute Gasteiger partial charge is 0.398 e. The van der Waals surface area contributed by atoms with Gasteiger partial charge in [0.25, 0.3) is 0 Å². The Bertz CT molecular complexity index is 759. The molecular formula is C21H29ClF2N4O2. The summed E-state index contributed by atoms with van der Waals surface area (Å²) in [7, 11) is 0. The maximum Gasteiger partial charge on any atom is 0.248 e. The van der Waals surface area contributed by atoms with Crippen molar-refractivity contribution in [1.82, 2.24) is 15.1 Å². The van der Waals surface area contributed by atoms with Gasteiger partial charge < -0.3 is 16.0 Å². The molecule has 9 heteroatoms. The van der Waals surface area contributed by atoms with Crippen LogP contribution in [0.2, 0.25) is 5.02 Å². The number of halogens is 3. The number of nitrogens with zero attached hydrogens (tertiary/aromatic N) is 2. The quantitative estimate of drug-likeness (QED) is 0.664. The number of alkyl halides is 2. The molecule has 1 aliphatic carbocycles. The molecule has 0 spiro atoms. The zero-order chi connectivity index (χ0) is 21.7. The van der Waals surface area contributed by atoms with E-state index < -0.39 is 5.92 Å². The van der Waals surface area contributed by atoms with Crippen LogP contribution in [0.15, 0.2) is 18.2 Å². The zero-order valence-electron chi connectivity index (χ0n) is 17.0. The minimum Gasteiger partial charge on any atom is -0.398 e. The third kappa shape index (κ3) is 6.54. The highest BCUT2D eigenvalue weighted by Crippen LogP contribution is 2.37. The number of hydrogen-bond donors (Lipinski definition) is 2. The Balaban J connectivity index is 1.35. The molecule has 1 aromatic rings. The second-order valence-corrected chi connectivity index (χ2v) is 8.70. The monoisotopic (exact) mass is 442 g/mol. The van der Waals surface area contributed by atoms with Crippen LogP contribution in [0.4, 0.5) is 14.5 Å². The molecule has 3 rings (SSSR count). The second kappa shape index (κ2) is 9.92. The van der Waals surface area contributed by atoms with Crippen molar-refractivity contribution in [1.29, 1.82) is 0 Å². The number of nitrogens with one attached hydrogen (secondary N) is 1. The van der Waals surface area contributed by atoms with Gasteiger partial charge in [-0.25, -0.2) is 8.78 Å². The van der Waals surface area contributed by atoms with Crippen molar-refractivity contribution in [3.05, 3.63) is 28.8 Å². The maximum atomic E-state index is 13.2. The highest BCUT2D eigenvalue weighted by molar-refractivity contribution is 6.33. The van der Waals surface area contributed by atoms with E-state index in [2.05, 4.69) is 10.2 Å². The average molecular weight is 443 g/mol. The molecule has 2 aliphatic rings. The Hall–Kier alpha value is -1.93. The van der Waals surface area contributed by atoms with E-state index in [1.165, 1.54) is 0 Å². The lowest BCUT2D eigenvalue weighted by molar-refractivity contribution is -0.134. The molecule has 1 saturated carbocycles. The number of piperazine rings is 1. The predicted octanol–water partition coefficient (Wildman–Crippen LogP) is 2.90. The van der Waals surface area contributed by atoms with Crippen LogP contribution in [0.1, 0.15) is 37.7 Å². The van der Waals surface area contributed by atoms with Crippen molar-refractivity contribution >= 4 is 29.1 Å². The molecule has 6 nitrogen and oxygen atoms in total. The van der Waals surface area contributed by atoms with Crippen molar-refractivity contribution in [2.24, 2.45) is 5.92 Å². The summed E-state index contributed by atoms with van der Waals surface area (Å²) in [5.74, 6) is -2.97. The van der Waals surface area contributed by atoms with Crippen molar-refractivity contribution in [3.63, 3.8) is 0 Å². The third-order valence-corrected chi connectivity index (χ3v) is 6.27. The molecule has 0 unspecified atom stereocenters. The number of benzene rings is 1. The number of carbonyl (C=O) groups is 2. The van der Waals surface area contributed by atoms with Crippen molar-refractivity contribution in [3.8, 4) is 0 Å². The topological polar surface area (TPSA) is 78.7 Å². The van der Waals surface area contributed by atoms with Gasteiger partial charge in [0.15, 0.2) is 0 Å². The molecule has 1 aliphatic heterocycles. The molecule has 2 amide bonds. The molecule has 3 N–H and O–H groups in total. The number of nitrogen functional groups attached to an aromatic ring is 1. The number of hydrogen-bond acceptors (Lipinski definition) is 4. The molecule has 2 fully saturated rings. The van der Waals surface area contributed by atoms with Crippen molar-refractivity contribution < 1.29 is 18.4 Å². The number of rotatable bonds is 6. The Labute approximate surface area is 180 Å². The lowest BCUT2D eigenvalue weighted by atomic mass is 9.84. The van der Waals surface area contributed by atoms with Crippen LogP contribution in [0, 0.1) is 5.92 Å². The van der Waals surface area contributed by atoms with Gasteiger partial charge in [-0.2, -0.15) is 0 Å². The molecule has 0 atom stereocenters. The summed E-state index contributed by atoms with van der Waals surface area (Å²) in [6.07, 6.45) is 0.611. The Morgan fingerprint density at radius 3 is 2.47 bits per heavy atom. The van der Waals surface area contributed by atoms with Gasteiger partial charge in [0, 0.05) is 52.0 Å². The number of nitrogens with two attached hydrogens (primary N) is 1. The van der Waals surface area contributed by atoms with E-state index in [9.17, 15) is 18.4 Å². The van der Waals surface area contributed by atoms with E-state index in [0.29, 0.717) is 36.6 Å². The van der Waals surface area contributed by atoms with Crippen LogP contribution in [-0.2, 0) is 16.1 Å². The van der Waals surface area contributed by atoms with Crippen LogP contribution < -0.4 is 11.1 Å². The first-order valence-electron chi connectivity index (χ1n) is 10.4. The third-order valence-electron chi connectivity index (χ3n) is 5.94. The SMILES string of the molecule is Nc1ccc(CN2CCN(C(=O)CNC(=O)CC3CCC(F)(F)CC3)CC2)cc1Cl. The highest BCUT2D eigenvalue weighted by atomic mass is 35.5. The fourth-order valence-electron chi connectivity index (χ4n) is 4.01. The lowest BCUT2D eigenvalue weighted by Crippen LogP contribution is -2.50. The molecule has 30 heavy (non-hydrogen) atoms. The molecule has 0 bridgehead atoms. The standard InChI is InChI=1S/C21H29ClF2N4O2/c22-17-11-16(1-2-18(17)25)14-27-7-9-28(10-8-27)20(30)13-26-19(29)12-15-3-5-21(23,24)6-4-15/h1-2,11,15H,3-10,12-14,25H2,(H,26,29). The van der Waals surface area contributed by atoms with Gasteiger partial charge in [-0.1, -0.05) is 17.7 Å². The molecular weight excluding hydrogens is 414 g/mol. The van der Waals surface area contributed by atoms with E-state index in [1.54, 1.807) is 11.0 Å². The molecule has 166 valence electrons. The van der Waals surface area contributed by atoms with Gasteiger partial charge in [-0.3, -0.25) is 14.5 Å². The first kappa shape index (κ1) is 22.7. The fraction of sp³-hybridized carbons (Fsp3) is 0.619. The second-order valence-electron chi connectivity index (χ2n) is 8.29. The minimum atomic E-state index is -2.59. The smallest absolute Gasteiger partial charge is 0.248 e. The summed E-state index contributed by atoms with van der Waals surface area (Å²) < 4.78 is 26.4. The molecule has 1 saturated heterocycles. The van der Waals surface area contributed by atoms with Crippen LogP contribution in [0.3, 0.4) is 0 Å². The fourth-order valence-corrected chi connectivity index (χ4v) is 4.21. The minimum absolute atomic E-state index is 0.0230. The van der Waals surface area contributed by atoms with Crippen LogP contribution in [0.25, 0.3) is 0 Å². The summed E-state index contributed by atoms with van der Waals surface area (Å²) >= 11 is 6.07. The predicted molar refractivity (Wildman–Crippen MR) is 112 cm³/mol. The van der Waals surface area contributed by atoms with E-state index in [1.807, 2.05) is 12.1 Å². The summed E-state index contributed by atoms with van der Waals surface area (Å²) in [5, 5.41) is 3.19. The van der Waals surface area contributed by atoms with Gasteiger partial charge in [-0.15, -0.1) is 0 Å². The van der Waals surface area contributed by atoms with Gasteiger partial charge >= 0.3 is 0 Å². The summed E-state index contributed by atoms with van der Waals surface area (Å²) in [6.45, 7) is 3.34. The number of amides is 2. The van der Waals surface area contributed by atoms with E-state index in [0.717, 1.165) is 25.2 Å². The number of carbonyl (C=O) groups excluding carboxylic acids is 2. The Morgan fingerprint density at radius 1 is 1.17 bits per heavy atom. The van der Waals surface area contributed by atoms with E-state index >= 15 is 0 Å². The van der Waals surface area contributed by atoms with Gasteiger partial charge in [0.05, 0.1) is 17.3 Å². The lowest BCUT2D eigenvalue weighted by Gasteiger charge is -2.35. The molecule has 0 radical (unpaired) electrons. The van der Waals surface area contributed by atoms with Gasteiger partial charge in [0.1, 0.15) is 0 Å². The summed E-state index contributed by atoms with van der Waals surface area (Å²) in [6, 6.07) is 5.60. The number of anilines is 1. The zero-order valence-corrected chi connectivity index (χ0v) is 17.8. The van der Waals surface area contributed by atoms with Crippen molar-refractivity contribution in [2.45, 2.75) is 44.6 Å². The van der Waals surface area contributed by atoms with Gasteiger partial charge in [0.2, 0.25) is 17.7 Å². The van der Waals surface area contributed by atoms with Crippen LogP contribution in [0.5, 0.6) is 0 Å². The highest BCUT2D eigenvalue weighted by Gasteiger charge is 2.35. The van der Waals surface area contributed by atoms with E-state index in [4.69, 9.17) is 17.3 Å². The molecule has 0 aromatic heterocycles. The Kier molecular flexibility index (Phi) is 7.52.